The first-order valence-electron chi connectivity index (χ1n) is 10.7. The molecule has 1 saturated heterocycles. The van der Waals surface area contributed by atoms with Crippen LogP contribution in [0.15, 0.2) is 33.9 Å². The highest BCUT2D eigenvalue weighted by molar-refractivity contribution is 6.07. The van der Waals surface area contributed by atoms with Gasteiger partial charge in [-0.05, 0) is 31.0 Å². The smallest absolute Gasteiger partial charge is 0.324 e. The zero-order valence-electron chi connectivity index (χ0n) is 18.8. The highest BCUT2D eigenvalue weighted by atomic mass is 16.6. The van der Waals surface area contributed by atoms with E-state index in [2.05, 4.69) is 15.3 Å². The molecule has 1 fully saturated rings. The fourth-order valence-electron chi connectivity index (χ4n) is 4.05. The average Bonchev–Trinajstić information content (AvgIpc) is 3.23. The number of aryl methyl sites for hydroxylation is 2. The first-order chi connectivity index (χ1) is 16.1. The molecule has 0 aliphatic carbocycles. The minimum Gasteiger partial charge on any atom is -0.324 e. The van der Waals surface area contributed by atoms with Crippen LogP contribution in [0.25, 0.3) is 11.2 Å². The number of hydrogen-bond donors (Lipinski definition) is 2. The number of nitrogens with zero attached hydrogens (tertiary/aromatic N) is 5. The van der Waals surface area contributed by atoms with E-state index in [1.165, 1.54) is 40.3 Å². The van der Waals surface area contributed by atoms with Gasteiger partial charge in [0.15, 0.2) is 11.2 Å². The van der Waals surface area contributed by atoms with Crippen LogP contribution in [-0.2, 0) is 30.5 Å². The van der Waals surface area contributed by atoms with Gasteiger partial charge in [0.1, 0.15) is 11.4 Å². The van der Waals surface area contributed by atoms with Gasteiger partial charge in [-0.3, -0.25) is 34.2 Å². The molecule has 1 unspecified atom stereocenters. The van der Waals surface area contributed by atoms with Crippen LogP contribution in [0.3, 0.4) is 0 Å². The van der Waals surface area contributed by atoms with Crippen LogP contribution in [0, 0.1) is 10.1 Å². The summed E-state index contributed by atoms with van der Waals surface area (Å²) in [6.07, 6.45) is 1.53. The van der Waals surface area contributed by atoms with Crippen molar-refractivity contribution in [1.29, 1.82) is 0 Å². The third-order valence-electron chi connectivity index (χ3n) is 6.07. The minimum atomic E-state index is -1.43. The van der Waals surface area contributed by atoms with E-state index >= 15 is 0 Å². The standard InChI is InChI=1S/C21H23N7O6/c1-4-5-10-26-16-15(17(29)23-19(26)31)25(3)14(22-16)11-27-18(30)21(2,24-20(27)32)12-6-8-13(9-7-12)28(33)34/h6-9H,4-5,10-11H2,1-3H3,(H,24,32)(H,23,29,31). The lowest BCUT2D eigenvalue weighted by Crippen LogP contribution is -2.40. The van der Waals surface area contributed by atoms with Crippen LogP contribution >= 0.6 is 0 Å². The van der Waals surface area contributed by atoms with Crippen molar-refractivity contribution in [3.8, 4) is 0 Å². The third-order valence-corrected chi connectivity index (χ3v) is 6.07. The Bertz CT molecular complexity index is 1430. The van der Waals surface area contributed by atoms with Crippen molar-refractivity contribution in [2.45, 2.75) is 45.3 Å². The number of imidazole rings is 1. The highest BCUT2D eigenvalue weighted by Crippen LogP contribution is 2.31. The van der Waals surface area contributed by atoms with Crippen LogP contribution in [0.5, 0.6) is 0 Å². The molecule has 3 heterocycles. The van der Waals surface area contributed by atoms with Crippen molar-refractivity contribution in [3.63, 3.8) is 0 Å². The summed E-state index contributed by atoms with van der Waals surface area (Å²) in [5.41, 5.74) is -2.02. The van der Waals surface area contributed by atoms with Gasteiger partial charge < -0.3 is 9.88 Å². The molecule has 2 aromatic heterocycles. The maximum atomic E-state index is 13.3. The van der Waals surface area contributed by atoms with Gasteiger partial charge in [0, 0.05) is 25.7 Å². The van der Waals surface area contributed by atoms with Crippen LogP contribution < -0.4 is 16.6 Å². The zero-order valence-corrected chi connectivity index (χ0v) is 18.8. The number of nitrogens with one attached hydrogen (secondary N) is 2. The van der Waals surface area contributed by atoms with E-state index in [1.807, 2.05) is 6.92 Å². The Morgan fingerprint density at radius 1 is 1.15 bits per heavy atom. The van der Waals surface area contributed by atoms with E-state index in [4.69, 9.17) is 0 Å². The quantitative estimate of drug-likeness (QED) is 0.297. The molecule has 2 N–H and O–H groups in total. The molecule has 0 saturated carbocycles. The monoisotopic (exact) mass is 469 g/mol. The molecule has 3 amide bonds. The Kier molecular flexibility index (Phi) is 5.55. The summed E-state index contributed by atoms with van der Waals surface area (Å²) in [4.78, 5) is 68.8. The number of carbonyl (C=O) groups excluding carboxylic acids is 2. The molecule has 34 heavy (non-hydrogen) atoms. The Balaban J connectivity index is 1.70. The number of benzene rings is 1. The Morgan fingerprint density at radius 3 is 2.44 bits per heavy atom. The van der Waals surface area contributed by atoms with Gasteiger partial charge in [-0.15, -0.1) is 0 Å². The Morgan fingerprint density at radius 2 is 1.82 bits per heavy atom. The molecule has 4 rings (SSSR count). The van der Waals surface area contributed by atoms with Crippen molar-refractivity contribution in [2.75, 3.05) is 0 Å². The Hall–Kier alpha value is -4.29. The summed E-state index contributed by atoms with van der Waals surface area (Å²) in [6, 6.07) is 4.68. The molecule has 1 aliphatic rings. The predicted octanol–water partition coefficient (Wildman–Crippen LogP) is 1.10. The van der Waals surface area contributed by atoms with Gasteiger partial charge >= 0.3 is 11.7 Å². The van der Waals surface area contributed by atoms with Crippen molar-refractivity contribution < 1.29 is 14.5 Å². The lowest BCUT2D eigenvalue weighted by molar-refractivity contribution is -0.384. The summed E-state index contributed by atoms with van der Waals surface area (Å²) in [6.45, 7) is 3.61. The van der Waals surface area contributed by atoms with E-state index in [0.717, 1.165) is 11.3 Å². The molecule has 0 spiro atoms. The molecule has 1 aromatic carbocycles. The van der Waals surface area contributed by atoms with Crippen LogP contribution in [-0.4, -0.2) is 40.9 Å². The van der Waals surface area contributed by atoms with Gasteiger partial charge in [0.25, 0.3) is 17.2 Å². The number of urea groups is 1. The number of fused-ring (bicyclic) bond motifs is 1. The number of rotatable bonds is 7. The number of nitro benzene ring substituents is 1. The minimum absolute atomic E-state index is 0.139. The first-order valence-corrected chi connectivity index (χ1v) is 10.7. The lowest BCUT2D eigenvalue weighted by atomic mass is 9.92. The van der Waals surface area contributed by atoms with Crippen LogP contribution in [0.2, 0.25) is 0 Å². The zero-order chi connectivity index (χ0) is 24.8. The van der Waals surface area contributed by atoms with Crippen molar-refractivity contribution >= 4 is 28.8 Å². The van der Waals surface area contributed by atoms with Gasteiger partial charge in [-0.25, -0.2) is 14.6 Å². The van der Waals surface area contributed by atoms with Gasteiger partial charge in [0.05, 0.1) is 11.5 Å². The second-order valence-corrected chi connectivity index (χ2v) is 8.27. The average molecular weight is 469 g/mol. The summed E-state index contributed by atoms with van der Waals surface area (Å²) < 4.78 is 2.83. The maximum Gasteiger partial charge on any atom is 0.330 e. The molecular weight excluding hydrogens is 446 g/mol. The normalized spacial score (nSPS) is 18.0. The highest BCUT2D eigenvalue weighted by Gasteiger charge is 2.49. The number of unbranched alkanes of at least 4 members (excludes halogenated alkanes) is 1. The largest absolute Gasteiger partial charge is 0.330 e. The summed E-state index contributed by atoms with van der Waals surface area (Å²) in [5.74, 6) is -0.330. The number of aromatic amines is 1. The van der Waals surface area contributed by atoms with Gasteiger partial charge in [-0.2, -0.15) is 0 Å². The van der Waals surface area contributed by atoms with Crippen LogP contribution in [0.4, 0.5) is 10.5 Å². The second kappa shape index (κ2) is 8.24. The van der Waals surface area contributed by atoms with E-state index in [9.17, 15) is 29.3 Å². The molecule has 0 bridgehead atoms. The summed E-state index contributed by atoms with van der Waals surface area (Å²) in [5, 5.41) is 13.6. The third kappa shape index (κ3) is 3.54. The van der Waals surface area contributed by atoms with E-state index in [1.54, 1.807) is 7.05 Å². The van der Waals surface area contributed by atoms with Gasteiger partial charge in [0.2, 0.25) is 0 Å². The number of imide groups is 1. The number of aromatic nitrogens is 4. The summed E-state index contributed by atoms with van der Waals surface area (Å²) in [7, 11) is 1.57. The number of non-ortho nitro benzene ring substituents is 1. The molecule has 13 nitrogen and oxygen atoms in total. The van der Waals surface area contributed by atoms with E-state index in [0.29, 0.717) is 18.5 Å². The van der Waals surface area contributed by atoms with Crippen molar-refractivity contribution in [2.24, 2.45) is 7.05 Å². The molecule has 1 atom stereocenters. The fourth-order valence-corrected chi connectivity index (χ4v) is 4.05. The molecule has 3 aromatic rings. The predicted molar refractivity (Wildman–Crippen MR) is 120 cm³/mol. The lowest BCUT2D eigenvalue weighted by Gasteiger charge is -2.22. The Labute approximate surface area is 192 Å². The summed E-state index contributed by atoms with van der Waals surface area (Å²) >= 11 is 0. The molecule has 1 aliphatic heterocycles. The molecule has 13 heteroatoms. The second-order valence-electron chi connectivity index (χ2n) is 8.27. The van der Waals surface area contributed by atoms with Crippen molar-refractivity contribution in [3.05, 3.63) is 66.6 Å². The number of nitro groups is 1. The molecular formula is C21H23N7O6. The van der Waals surface area contributed by atoms with Crippen molar-refractivity contribution in [1.82, 2.24) is 29.3 Å². The van der Waals surface area contributed by atoms with E-state index in [-0.39, 0.29) is 29.2 Å². The SMILES string of the molecule is CCCCn1c(=O)[nH]c(=O)c2c1nc(CN1C(=O)NC(C)(c3ccc([N+](=O)[O-])cc3)C1=O)n2C. The molecule has 178 valence electrons. The number of H-pyrrole nitrogens is 1. The fraction of sp³-hybridized carbons (Fsp3) is 0.381. The maximum absolute atomic E-state index is 13.3. The topological polar surface area (TPSA) is 165 Å². The first kappa shape index (κ1) is 22.9. The number of hydrogen-bond acceptors (Lipinski definition) is 7. The molecule has 0 radical (unpaired) electrons. The van der Waals surface area contributed by atoms with Crippen LogP contribution in [0.1, 0.15) is 38.1 Å². The van der Waals surface area contributed by atoms with E-state index < -0.39 is 33.6 Å². The number of amides is 3. The van der Waals surface area contributed by atoms with Gasteiger partial charge in [-0.1, -0.05) is 13.3 Å². The number of carbonyl (C=O) groups is 2.